The summed E-state index contributed by atoms with van der Waals surface area (Å²) >= 11 is 3.49. The highest BCUT2D eigenvalue weighted by Gasteiger charge is 2.48. The Morgan fingerprint density at radius 2 is 1.77 bits per heavy atom. The van der Waals surface area contributed by atoms with Crippen LogP contribution >= 0.6 is 15.9 Å². The third kappa shape index (κ3) is 2.72. The van der Waals surface area contributed by atoms with Crippen molar-refractivity contribution >= 4 is 27.9 Å². The van der Waals surface area contributed by atoms with Crippen molar-refractivity contribution in [2.24, 2.45) is 0 Å². The van der Waals surface area contributed by atoms with Crippen molar-refractivity contribution in [1.82, 2.24) is 10.2 Å². The molecule has 26 heavy (non-hydrogen) atoms. The molecule has 0 spiro atoms. The van der Waals surface area contributed by atoms with E-state index in [4.69, 9.17) is 9.47 Å². The van der Waals surface area contributed by atoms with Crippen LogP contribution in [0.3, 0.4) is 0 Å². The van der Waals surface area contributed by atoms with Crippen molar-refractivity contribution in [3.05, 3.63) is 58.1 Å². The highest BCUT2D eigenvalue weighted by molar-refractivity contribution is 9.10. The molecule has 3 amide bonds. The summed E-state index contributed by atoms with van der Waals surface area (Å²) in [7, 11) is 0. The summed E-state index contributed by atoms with van der Waals surface area (Å²) in [4.78, 5) is 26.7. The van der Waals surface area contributed by atoms with E-state index in [9.17, 15) is 9.59 Å². The summed E-state index contributed by atoms with van der Waals surface area (Å²) in [6, 6.07) is 12.4. The van der Waals surface area contributed by atoms with Crippen LogP contribution in [-0.4, -0.2) is 30.1 Å². The lowest BCUT2D eigenvalue weighted by Crippen LogP contribution is -2.40. The van der Waals surface area contributed by atoms with Crippen LogP contribution in [-0.2, 0) is 16.9 Å². The summed E-state index contributed by atoms with van der Waals surface area (Å²) in [5.74, 6) is 0.987. The number of amides is 3. The minimum atomic E-state index is -1.07. The zero-order valence-corrected chi connectivity index (χ0v) is 15.7. The lowest BCUT2D eigenvalue weighted by Gasteiger charge is -2.23. The maximum Gasteiger partial charge on any atom is 0.325 e. The first-order chi connectivity index (χ1) is 12.5. The van der Waals surface area contributed by atoms with E-state index < -0.39 is 11.6 Å². The van der Waals surface area contributed by atoms with Crippen LogP contribution in [0.2, 0.25) is 0 Å². The lowest BCUT2D eigenvalue weighted by atomic mass is 9.92. The van der Waals surface area contributed by atoms with Crippen molar-refractivity contribution < 1.29 is 19.1 Å². The van der Waals surface area contributed by atoms with E-state index in [1.54, 1.807) is 19.1 Å². The maximum absolute atomic E-state index is 13.0. The van der Waals surface area contributed by atoms with Crippen LogP contribution in [0, 0.1) is 0 Å². The molecule has 7 heteroatoms. The normalized spacial score (nSPS) is 21.7. The van der Waals surface area contributed by atoms with Gasteiger partial charge in [0.15, 0.2) is 11.5 Å². The molecule has 4 rings (SSSR count). The van der Waals surface area contributed by atoms with Crippen LogP contribution in [0.25, 0.3) is 0 Å². The maximum atomic E-state index is 13.0. The Bertz CT molecular complexity index is 887. The van der Waals surface area contributed by atoms with E-state index in [0.29, 0.717) is 24.7 Å². The summed E-state index contributed by atoms with van der Waals surface area (Å²) in [5, 5.41) is 2.81. The van der Waals surface area contributed by atoms with Crippen LogP contribution in [0.15, 0.2) is 46.9 Å². The predicted octanol–water partition coefficient (Wildman–Crippen LogP) is 3.19. The van der Waals surface area contributed by atoms with Crippen LogP contribution in [0.5, 0.6) is 11.5 Å². The van der Waals surface area contributed by atoms with Gasteiger partial charge in [-0.3, -0.25) is 9.69 Å². The first-order valence-corrected chi connectivity index (χ1v) is 9.06. The van der Waals surface area contributed by atoms with Gasteiger partial charge in [-0.25, -0.2) is 4.79 Å². The number of rotatable bonds is 3. The average Bonchev–Trinajstić information content (AvgIpc) is 2.87. The molecule has 1 fully saturated rings. The fraction of sp³-hybridized carbons (Fsp3) is 0.263. The Balaban J connectivity index is 1.63. The molecule has 2 aliphatic heterocycles. The molecule has 2 aromatic carbocycles. The van der Waals surface area contributed by atoms with Gasteiger partial charge in [-0.1, -0.05) is 46.3 Å². The van der Waals surface area contributed by atoms with E-state index in [1.807, 2.05) is 30.3 Å². The van der Waals surface area contributed by atoms with Crippen molar-refractivity contribution in [3.8, 4) is 11.5 Å². The van der Waals surface area contributed by atoms with E-state index in [0.717, 1.165) is 15.6 Å². The van der Waals surface area contributed by atoms with Crippen molar-refractivity contribution in [3.63, 3.8) is 0 Å². The summed E-state index contributed by atoms with van der Waals surface area (Å²) in [6.07, 6.45) is 0. The molecule has 1 saturated heterocycles. The fourth-order valence-corrected chi connectivity index (χ4v) is 3.65. The number of benzene rings is 2. The highest BCUT2D eigenvalue weighted by Crippen LogP contribution is 2.37. The molecule has 2 heterocycles. The third-order valence-corrected chi connectivity index (χ3v) is 5.40. The van der Waals surface area contributed by atoms with E-state index in [-0.39, 0.29) is 12.5 Å². The Morgan fingerprint density at radius 3 is 2.46 bits per heavy atom. The molecule has 1 atom stereocenters. The van der Waals surface area contributed by atoms with Gasteiger partial charge in [0.25, 0.3) is 5.91 Å². The molecule has 2 aliphatic rings. The quantitative estimate of drug-likeness (QED) is 0.780. The SMILES string of the molecule is CC1(c2ccccc2)NC(=O)N(Cc2cc3c(cc2Br)OCCO3)C1=O. The molecular formula is C19H17BrN2O4. The smallest absolute Gasteiger partial charge is 0.325 e. The number of carbonyl (C=O) groups excluding carboxylic acids is 2. The van der Waals surface area contributed by atoms with E-state index >= 15 is 0 Å². The molecule has 0 aliphatic carbocycles. The van der Waals surface area contributed by atoms with Gasteiger partial charge in [0.05, 0.1) is 6.54 Å². The number of nitrogens with one attached hydrogen (secondary N) is 1. The standard InChI is InChI=1S/C19H17BrN2O4/c1-19(13-5-3-2-4-6-13)17(23)22(18(24)21-19)11-12-9-15-16(10-14(12)20)26-8-7-25-15/h2-6,9-10H,7-8,11H2,1H3,(H,21,24). The fourth-order valence-electron chi connectivity index (χ4n) is 3.21. The number of nitrogens with zero attached hydrogens (tertiary/aromatic N) is 1. The highest BCUT2D eigenvalue weighted by atomic mass is 79.9. The summed E-state index contributed by atoms with van der Waals surface area (Å²) in [6.45, 7) is 2.84. The second-order valence-electron chi connectivity index (χ2n) is 6.40. The first-order valence-electron chi connectivity index (χ1n) is 8.27. The molecule has 6 nitrogen and oxygen atoms in total. The minimum absolute atomic E-state index is 0.143. The predicted molar refractivity (Wildman–Crippen MR) is 98.0 cm³/mol. The van der Waals surface area contributed by atoms with Gasteiger partial charge in [-0.2, -0.15) is 0 Å². The molecule has 2 aromatic rings. The van der Waals surface area contributed by atoms with Crippen molar-refractivity contribution in [2.75, 3.05) is 13.2 Å². The average molecular weight is 417 g/mol. The molecule has 0 bridgehead atoms. The summed E-state index contributed by atoms with van der Waals surface area (Å²) in [5.41, 5.74) is 0.454. The van der Waals surface area contributed by atoms with Gasteiger partial charge in [0.2, 0.25) is 0 Å². The number of carbonyl (C=O) groups is 2. The monoisotopic (exact) mass is 416 g/mol. The number of halogens is 1. The van der Waals surface area contributed by atoms with E-state index in [2.05, 4.69) is 21.2 Å². The minimum Gasteiger partial charge on any atom is -0.486 e. The zero-order valence-electron chi connectivity index (χ0n) is 14.1. The van der Waals surface area contributed by atoms with Gasteiger partial charge in [0, 0.05) is 4.47 Å². The zero-order chi connectivity index (χ0) is 18.3. The number of urea groups is 1. The Kier molecular flexibility index (Phi) is 4.11. The number of hydrogen-bond donors (Lipinski definition) is 1. The van der Waals surface area contributed by atoms with Crippen molar-refractivity contribution in [2.45, 2.75) is 19.0 Å². The Morgan fingerprint density at radius 1 is 1.12 bits per heavy atom. The van der Waals surface area contributed by atoms with Gasteiger partial charge >= 0.3 is 6.03 Å². The number of imide groups is 1. The number of hydrogen-bond acceptors (Lipinski definition) is 4. The number of ether oxygens (including phenoxy) is 2. The lowest BCUT2D eigenvalue weighted by molar-refractivity contribution is -0.131. The number of fused-ring (bicyclic) bond motifs is 1. The topological polar surface area (TPSA) is 67.9 Å². The molecule has 0 radical (unpaired) electrons. The van der Waals surface area contributed by atoms with Crippen LogP contribution in [0.4, 0.5) is 4.79 Å². The van der Waals surface area contributed by atoms with Gasteiger partial charge < -0.3 is 14.8 Å². The van der Waals surface area contributed by atoms with Crippen LogP contribution < -0.4 is 14.8 Å². The summed E-state index contributed by atoms with van der Waals surface area (Å²) < 4.78 is 11.9. The van der Waals surface area contributed by atoms with E-state index in [1.165, 1.54) is 4.90 Å². The van der Waals surface area contributed by atoms with Crippen molar-refractivity contribution in [1.29, 1.82) is 0 Å². The van der Waals surface area contributed by atoms with Gasteiger partial charge in [0.1, 0.15) is 18.8 Å². The molecule has 1 unspecified atom stereocenters. The first kappa shape index (κ1) is 16.9. The Hall–Kier alpha value is -2.54. The van der Waals surface area contributed by atoms with Crippen LogP contribution in [0.1, 0.15) is 18.1 Å². The molecule has 0 saturated carbocycles. The Labute approximate surface area is 159 Å². The van der Waals surface area contributed by atoms with Gasteiger partial charge in [-0.15, -0.1) is 0 Å². The largest absolute Gasteiger partial charge is 0.486 e. The molecule has 0 aromatic heterocycles. The molecule has 134 valence electrons. The third-order valence-electron chi connectivity index (χ3n) is 4.67. The molecular weight excluding hydrogens is 400 g/mol. The second-order valence-corrected chi connectivity index (χ2v) is 7.25. The second kappa shape index (κ2) is 6.32. The van der Waals surface area contributed by atoms with Gasteiger partial charge in [-0.05, 0) is 30.2 Å². The molecule has 1 N–H and O–H groups in total.